The molecule has 1 aromatic carbocycles. The van der Waals surface area contributed by atoms with Gasteiger partial charge >= 0.3 is 0 Å². The Bertz CT molecular complexity index is 357. The van der Waals surface area contributed by atoms with E-state index >= 15 is 0 Å². The zero-order valence-electron chi connectivity index (χ0n) is 10.3. The van der Waals surface area contributed by atoms with Gasteiger partial charge in [-0.05, 0) is 30.7 Å². The Hall–Kier alpha value is -1.77. The minimum atomic E-state index is 0.0821. The molecule has 3 nitrogen and oxygen atoms in total. The van der Waals surface area contributed by atoms with Crippen molar-refractivity contribution in [1.29, 1.82) is 0 Å². The maximum atomic E-state index is 11.5. The highest BCUT2D eigenvalue weighted by Crippen LogP contribution is 2.13. The van der Waals surface area contributed by atoms with Crippen LogP contribution >= 0.6 is 0 Å². The summed E-state index contributed by atoms with van der Waals surface area (Å²) in [6.45, 7) is 6.46. The molecular weight excluding hydrogens is 212 g/mol. The smallest absolute Gasteiger partial charge is 0.224 e. The lowest BCUT2D eigenvalue weighted by Gasteiger charge is -2.07. The van der Waals surface area contributed by atoms with Crippen LogP contribution in [0.25, 0.3) is 0 Å². The highest BCUT2D eigenvalue weighted by molar-refractivity contribution is 5.90. The minimum Gasteiger partial charge on any atom is -0.382 e. The van der Waals surface area contributed by atoms with Gasteiger partial charge in [-0.15, -0.1) is 6.58 Å². The molecule has 2 N–H and O–H groups in total. The van der Waals surface area contributed by atoms with Crippen LogP contribution < -0.4 is 10.6 Å². The number of carbonyl (C=O) groups is 1. The van der Waals surface area contributed by atoms with E-state index in [-0.39, 0.29) is 5.91 Å². The second-order valence-electron chi connectivity index (χ2n) is 3.90. The Morgan fingerprint density at radius 1 is 1.29 bits per heavy atom. The van der Waals surface area contributed by atoms with Gasteiger partial charge < -0.3 is 10.6 Å². The minimum absolute atomic E-state index is 0.0821. The Kier molecular flexibility index (Phi) is 5.86. The van der Waals surface area contributed by atoms with Crippen LogP contribution in [0.2, 0.25) is 0 Å². The molecule has 0 saturated heterocycles. The molecule has 0 aromatic heterocycles. The van der Waals surface area contributed by atoms with Gasteiger partial charge in [-0.2, -0.15) is 0 Å². The first-order valence-corrected chi connectivity index (χ1v) is 6.01. The quantitative estimate of drug-likeness (QED) is 0.707. The molecule has 0 spiro atoms. The number of nitrogens with one attached hydrogen (secondary N) is 2. The van der Waals surface area contributed by atoms with Crippen LogP contribution in [0.1, 0.15) is 26.2 Å². The molecule has 0 fully saturated rings. The van der Waals surface area contributed by atoms with Crippen molar-refractivity contribution >= 4 is 17.3 Å². The number of unbranched alkanes of at least 4 members (excludes halogenated alkanes) is 1. The topological polar surface area (TPSA) is 41.1 Å². The Morgan fingerprint density at radius 3 is 2.53 bits per heavy atom. The standard InChI is InChI=1S/C14H20N2O/c1-3-5-6-14(17)16-13-9-7-12(8-10-13)15-11-4-2/h4,7-10,15H,2-3,5-6,11H2,1H3,(H,16,17). The fourth-order valence-electron chi connectivity index (χ4n) is 1.42. The largest absolute Gasteiger partial charge is 0.382 e. The van der Waals surface area contributed by atoms with Crippen molar-refractivity contribution in [2.24, 2.45) is 0 Å². The number of anilines is 2. The summed E-state index contributed by atoms with van der Waals surface area (Å²) in [5.41, 5.74) is 1.87. The van der Waals surface area contributed by atoms with E-state index in [1.807, 2.05) is 24.3 Å². The molecule has 92 valence electrons. The molecule has 1 rings (SSSR count). The molecule has 0 unspecified atom stereocenters. The summed E-state index contributed by atoms with van der Waals surface area (Å²) in [7, 11) is 0. The number of carbonyl (C=O) groups excluding carboxylic acids is 1. The first kappa shape index (κ1) is 13.3. The third-order valence-electron chi connectivity index (χ3n) is 2.38. The maximum Gasteiger partial charge on any atom is 0.224 e. The SMILES string of the molecule is C=CCNc1ccc(NC(=O)CCCC)cc1. The van der Waals surface area contributed by atoms with E-state index in [1.54, 1.807) is 6.08 Å². The molecule has 0 saturated carbocycles. The summed E-state index contributed by atoms with van der Waals surface area (Å²) in [4.78, 5) is 11.5. The highest BCUT2D eigenvalue weighted by atomic mass is 16.1. The number of hydrogen-bond donors (Lipinski definition) is 2. The van der Waals surface area contributed by atoms with Crippen LogP contribution in [-0.2, 0) is 4.79 Å². The van der Waals surface area contributed by atoms with E-state index in [9.17, 15) is 4.79 Å². The number of rotatable bonds is 7. The van der Waals surface area contributed by atoms with Crippen molar-refractivity contribution < 1.29 is 4.79 Å². The van der Waals surface area contributed by atoms with Crippen molar-refractivity contribution in [1.82, 2.24) is 0 Å². The van der Waals surface area contributed by atoms with Crippen molar-refractivity contribution in [3.8, 4) is 0 Å². The predicted molar refractivity (Wildman–Crippen MR) is 73.3 cm³/mol. The lowest BCUT2D eigenvalue weighted by Crippen LogP contribution is -2.10. The summed E-state index contributed by atoms with van der Waals surface area (Å²) in [6, 6.07) is 7.68. The molecule has 0 aliphatic heterocycles. The van der Waals surface area contributed by atoms with Gasteiger partial charge in [-0.1, -0.05) is 19.4 Å². The Morgan fingerprint density at radius 2 is 1.94 bits per heavy atom. The van der Waals surface area contributed by atoms with E-state index in [2.05, 4.69) is 24.1 Å². The third kappa shape index (κ3) is 5.20. The lowest BCUT2D eigenvalue weighted by molar-refractivity contribution is -0.116. The number of amides is 1. The number of hydrogen-bond acceptors (Lipinski definition) is 2. The normalized spacial score (nSPS) is 9.71. The van der Waals surface area contributed by atoms with Crippen LogP contribution in [0.4, 0.5) is 11.4 Å². The predicted octanol–water partition coefficient (Wildman–Crippen LogP) is 3.41. The van der Waals surface area contributed by atoms with E-state index < -0.39 is 0 Å². The van der Waals surface area contributed by atoms with Crippen molar-refractivity contribution in [3.63, 3.8) is 0 Å². The molecule has 1 aromatic rings. The van der Waals surface area contributed by atoms with Gasteiger partial charge in [0.1, 0.15) is 0 Å². The lowest BCUT2D eigenvalue weighted by atomic mass is 10.2. The molecule has 17 heavy (non-hydrogen) atoms. The van der Waals surface area contributed by atoms with Crippen LogP contribution in [0, 0.1) is 0 Å². The van der Waals surface area contributed by atoms with Gasteiger partial charge in [-0.3, -0.25) is 4.79 Å². The second-order valence-corrected chi connectivity index (χ2v) is 3.90. The summed E-state index contributed by atoms with van der Waals surface area (Å²) in [5.74, 6) is 0.0821. The van der Waals surface area contributed by atoms with E-state index in [0.29, 0.717) is 6.42 Å². The van der Waals surface area contributed by atoms with E-state index in [4.69, 9.17) is 0 Å². The molecular formula is C14H20N2O. The summed E-state index contributed by atoms with van der Waals surface area (Å²) in [5, 5.41) is 6.05. The summed E-state index contributed by atoms with van der Waals surface area (Å²) >= 11 is 0. The average molecular weight is 232 g/mol. The summed E-state index contributed by atoms with van der Waals surface area (Å²) < 4.78 is 0. The molecule has 0 radical (unpaired) electrons. The first-order valence-electron chi connectivity index (χ1n) is 6.01. The fraction of sp³-hybridized carbons (Fsp3) is 0.357. The zero-order valence-corrected chi connectivity index (χ0v) is 10.3. The third-order valence-corrected chi connectivity index (χ3v) is 2.38. The Balaban J connectivity index is 2.44. The molecule has 0 bridgehead atoms. The maximum absolute atomic E-state index is 11.5. The highest BCUT2D eigenvalue weighted by Gasteiger charge is 2.01. The fourth-order valence-corrected chi connectivity index (χ4v) is 1.42. The van der Waals surface area contributed by atoms with Crippen LogP contribution in [0.5, 0.6) is 0 Å². The summed E-state index contributed by atoms with van der Waals surface area (Å²) in [6.07, 6.45) is 4.37. The van der Waals surface area contributed by atoms with E-state index in [1.165, 1.54) is 0 Å². The molecule has 0 aliphatic rings. The molecule has 3 heteroatoms. The molecule has 0 atom stereocenters. The van der Waals surface area contributed by atoms with Gasteiger partial charge in [0.05, 0.1) is 0 Å². The van der Waals surface area contributed by atoms with Gasteiger partial charge in [-0.25, -0.2) is 0 Å². The Labute approximate surface area is 103 Å². The van der Waals surface area contributed by atoms with E-state index in [0.717, 1.165) is 30.8 Å². The van der Waals surface area contributed by atoms with Crippen molar-refractivity contribution in [3.05, 3.63) is 36.9 Å². The molecule has 1 amide bonds. The first-order chi connectivity index (χ1) is 8.26. The van der Waals surface area contributed by atoms with Gasteiger partial charge in [0, 0.05) is 24.3 Å². The van der Waals surface area contributed by atoms with Crippen LogP contribution in [-0.4, -0.2) is 12.5 Å². The molecule has 0 aliphatic carbocycles. The van der Waals surface area contributed by atoms with Gasteiger partial charge in [0.15, 0.2) is 0 Å². The van der Waals surface area contributed by atoms with Gasteiger partial charge in [0.25, 0.3) is 0 Å². The van der Waals surface area contributed by atoms with Crippen LogP contribution in [0.15, 0.2) is 36.9 Å². The number of benzene rings is 1. The van der Waals surface area contributed by atoms with Crippen molar-refractivity contribution in [2.75, 3.05) is 17.2 Å². The van der Waals surface area contributed by atoms with Crippen molar-refractivity contribution in [2.45, 2.75) is 26.2 Å². The van der Waals surface area contributed by atoms with Crippen LogP contribution in [0.3, 0.4) is 0 Å². The average Bonchev–Trinajstić information content (AvgIpc) is 2.35. The van der Waals surface area contributed by atoms with Gasteiger partial charge in [0.2, 0.25) is 5.91 Å². The monoisotopic (exact) mass is 232 g/mol. The zero-order chi connectivity index (χ0) is 12.5. The second kappa shape index (κ2) is 7.49. The molecule has 0 heterocycles.